The van der Waals surface area contributed by atoms with Crippen molar-refractivity contribution in [2.45, 2.75) is 60.9 Å². The summed E-state index contributed by atoms with van der Waals surface area (Å²) in [6, 6.07) is 9.65. The third kappa shape index (κ3) is 4.98. The number of aromatic nitrogens is 1. The fraction of sp³-hybridized carbons (Fsp3) is 0.462. The van der Waals surface area contributed by atoms with Crippen LogP contribution in [0.4, 0.5) is 18.9 Å². The highest BCUT2D eigenvalue weighted by atomic mass is 32.2. The van der Waals surface area contributed by atoms with E-state index >= 15 is 0 Å². The second-order valence-corrected chi connectivity index (χ2v) is 10.9. The number of ether oxygens (including phenoxy) is 1. The number of nitriles is 1. The zero-order chi connectivity index (χ0) is 27.1. The van der Waals surface area contributed by atoms with Gasteiger partial charge in [-0.1, -0.05) is 0 Å². The van der Waals surface area contributed by atoms with Crippen molar-refractivity contribution < 1.29 is 32.8 Å². The number of halogens is 3. The summed E-state index contributed by atoms with van der Waals surface area (Å²) in [6.07, 6.45) is -0.0844. The Bertz CT molecular complexity index is 1290. The number of carbonyl (C=O) groups excluding carboxylic acids is 1. The van der Waals surface area contributed by atoms with E-state index in [1.807, 2.05) is 31.3 Å². The predicted octanol–water partition coefficient (Wildman–Crippen LogP) is 2.30. The number of aliphatic hydroxyl groups is 1. The summed E-state index contributed by atoms with van der Waals surface area (Å²) in [4.78, 5) is 24.5. The lowest BCUT2D eigenvalue weighted by Crippen LogP contribution is -2.88. The molecule has 0 radical (unpaired) electrons. The number of likely N-dealkylation sites (N-methyl/N-ethyl adjacent to an activating group) is 1. The van der Waals surface area contributed by atoms with Crippen LogP contribution in [0.1, 0.15) is 43.4 Å². The molecule has 2 aliphatic heterocycles. The van der Waals surface area contributed by atoms with Crippen molar-refractivity contribution in [2.24, 2.45) is 0 Å². The lowest BCUT2D eigenvalue weighted by atomic mass is 9.77. The molecule has 5 rings (SSSR count). The molecule has 2 fully saturated rings. The minimum atomic E-state index is -4.79. The van der Waals surface area contributed by atoms with Crippen LogP contribution in [0.3, 0.4) is 0 Å². The molecular weight excluding hydrogens is 519 g/mol. The number of rotatable bonds is 5. The number of nitrogens with zero attached hydrogens (tertiary/aromatic N) is 4. The van der Waals surface area contributed by atoms with Gasteiger partial charge in [0, 0.05) is 42.8 Å². The van der Waals surface area contributed by atoms with E-state index in [0.29, 0.717) is 23.8 Å². The summed E-state index contributed by atoms with van der Waals surface area (Å²) in [5, 5.41) is 19.1. The zero-order valence-corrected chi connectivity index (χ0v) is 21.5. The van der Waals surface area contributed by atoms with Crippen molar-refractivity contribution in [3.8, 4) is 11.8 Å². The number of hydrogen-bond donors (Lipinski definition) is 2. The smallest absolute Gasteiger partial charge is 0.419 e. The molecule has 12 heteroatoms. The number of carbonyl (C=O) groups is 1. The Balaban J connectivity index is 1.36. The summed E-state index contributed by atoms with van der Waals surface area (Å²) in [7, 11) is 1.98. The van der Waals surface area contributed by atoms with E-state index in [-0.39, 0.29) is 30.3 Å². The van der Waals surface area contributed by atoms with Gasteiger partial charge in [0.25, 0.3) is 0 Å². The van der Waals surface area contributed by atoms with Crippen LogP contribution in [0.5, 0.6) is 5.75 Å². The van der Waals surface area contributed by atoms with Gasteiger partial charge in [-0.3, -0.25) is 4.99 Å². The van der Waals surface area contributed by atoms with Gasteiger partial charge in [-0.25, -0.2) is 9.78 Å². The molecule has 1 saturated carbocycles. The zero-order valence-electron chi connectivity index (χ0n) is 20.7. The maximum Gasteiger partial charge on any atom is 0.419 e. The van der Waals surface area contributed by atoms with Crippen LogP contribution in [0.15, 0.2) is 41.4 Å². The minimum Gasteiger partial charge on any atom is -0.490 e. The monoisotopic (exact) mass is 546 g/mol. The summed E-state index contributed by atoms with van der Waals surface area (Å²) in [5.74, 6) is 0.353. The largest absolute Gasteiger partial charge is 0.490 e. The number of thioether (sulfide) groups is 1. The first-order valence-corrected chi connectivity index (χ1v) is 13.2. The van der Waals surface area contributed by atoms with Crippen LogP contribution >= 0.6 is 11.8 Å². The van der Waals surface area contributed by atoms with Gasteiger partial charge in [0.15, 0.2) is 11.4 Å². The van der Waals surface area contributed by atoms with E-state index in [1.165, 1.54) is 22.7 Å². The van der Waals surface area contributed by atoms with E-state index in [0.717, 1.165) is 43.0 Å². The first-order valence-electron chi connectivity index (χ1n) is 12.4. The van der Waals surface area contributed by atoms with Crippen molar-refractivity contribution in [2.75, 3.05) is 25.1 Å². The van der Waals surface area contributed by atoms with Gasteiger partial charge in [-0.05, 0) is 55.9 Å². The van der Waals surface area contributed by atoms with Gasteiger partial charge >= 0.3 is 17.3 Å². The highest BCUT2D eigenvalue weighted by molar-refractivity contribution is 8.14. The molecule has 1 amide bonds. The number of amides is 1. The number of amidine groups is 1. The van der Waals surface area contributed by atoms with E-state index in [4.69, 9.17) is 10.00 Å². The average molecular weight is 547 g/mol. The number of likely N-dealkylation sites (tertiary alicyclic amines) is 1. The molecule has 1 spiro atoms. The minimum absolute atomic E-state index is 0.00831. The molecule has 38 heavy (non-hydrogen) atoms. The van der Waals surface area contributed by atoms with Gasteiger partial charge in [0.1, 0.15) is 17.9 Å². The number of nitrogens with one attached hydrogen (secondary N) is 1. The number of hydrogen-bond acceptors (Lipinski definition) is 7. The first-order chi connectivity index (χ1) is 18.1. The molecule has 1 aliphatic carbocycles. The van der Waals surface area contributed by atoms with Crippen LogP contribution in [-0.2, 0) is 11.0 Å². The van der Waals surface area contributed by atoms with Crippen LogP contribution in [0, 0.1) is 11.3 Å². The summed E-state index contributed by atoms with van der Waals surface area (Å²) in [5.41, 5.74) is -2.79. The maximum absolute atomic E-state index is 13.6. The number of anilines is 1. The van der Waals surface area contributed by atoms with Crippen LogP contribution < -0.4 is 14.6 Å². The Kier molecular flexibility index (Phi) is 7.11. The Hall–Kier alpha value is -3.14. The molecule has 2 aromatic rings. The molecule has 200 valence electrons. The van der Waals surface area contributed by atoms with Gasteiger partial charge in [-0.15, -0.1) is 0 Å². The topological polar surface area (TPSA) is 104 Å². The van der Waals surface area contributed by atoms with E-state index in [2.05, 4.69) is 14.9 Å². The van der Waals surface area contributed by atoms with Crippen molar-refractivity contribution in [3.05, 3.63) is 47.8 Å². The van der Waals surface area contributed by atoms with Crippen LogP contribution in [0.2, 0.25) is 0 Å². The van der Waals surface area contributed by atoms with Crippen molar-refractivity contribution in [1.82, 2.24) is 9.88 Å². The number of piperidine rings is 1. The maximum atomic E-state index is 13.6. The Labute approximate surface area is 222 Å². The van der Waals surface area contributed by atoms with Gasteiger partial charge in [-0.2, -0.15) is 23.3 Å². The molecule has 1 aromatic carbocycles. The normalized spacial score (nSPS) is 23.2. The van der Waals surface area contributed by atoms with Crippen LogP contribution in [0.25, 0.3) is 0 Å². The molecular formula is C26H27F3N5O3S+. The molecule has 2 unspecified atom stereocenters. The predicted molar refractivity (Wildman–Crippen MR) is 133 cm³/mol. The Morgan fingerprint density at radius 1 is 1.32 bits per heavy atom. The van der Waals surface area contributed by atoms with Gasteiger partial charge in [0.05, 0.1) is 18.4 Å². The van der Waals surface area contributed by atoms with Gasteiger partial charge in [0.2, 0.25) is 5.54 Å². The summed E-state index contributed by atoms with van der Waals surface area (Å²) >= 11 is 1.23. The lowest BCUT2D eigenvalue weighted by molar-refractivity contribution is -0.542. The Morgan fingerprint density at radius 3 is 2.66 bits per heavy atom. The fourth-order valence-electron chi connectivity index (χ4n) is 5.02. The number of alkyl halides is 3. The third-order valence-electron chi connectivity index (χ3n) is 7.43. The van der Waals surface area contributed by atoms with E-state index in [1.54, 1.807) is 0 Å². The fourth-order valence-corrected chi connectivity index (χ4v) is 6.04. The van der Waals surface area contributed by atoms with Gasteiger partial charge < -0.3 is 14.7 Å². The number of aliphatic hydroxyl groups excluding tert-OH is 1. The third-order valence-corrected chi connectivity index (χ3v) is 8.41. The highest BCUT2D eigenvalue weighted by Gasteiger charge is 2.59. The Morgan fingerprint density at radius 2 is 2.05 bits per heavy atom. The molecule has 2 N–H and O–H groups in total. The molecule has 2 atom stereocenters. The summed E-state index contributed by atoms with van der Waals surface area (Å²) in [6.45, 7) is 0.910. The van der Waals surface area contributed by atoms with E-state index < -0.39 is 23.0 Å². The first kappa shape index (κ1) is 26.5. The SMILES string of the molecule is CN1CCC(Oc2ccc(SC3=[NH+]C4(CCC4)C(=O)N3c3cnc(C#N)c(C(F)(F)F)c3)cc2)CC1CO. The molecule has 3 aliphatic rings. The van der Waals surface area contributed by atoms with E-state index in [9.17, 15) is 23.1 Å². The van der Waals surface area contributed by atoms with Crippen LogP contribution in [-0.4, -0.2) is 63.9 Å². The molecule has 8 nitrogen and oxygen atoms in total. The molecule has 3 heterocycles. The second kappa shape index (κ2) is 10.2. The van der Waals surface area contributed by atoms with Crippen molar-refractivity contribution in [1.29, 1.82) is 5.26 Å². The quantitative estimate of drug-likeness (QED) is 0.593. The standard InChI is InChI=1S/C26H26F3N5O3S/c1-33-10-7-19(11-17(33)15-35)37-18-3-5-20(6-4-18)38-24-32-25(8-2-9-25)23(36)34(24)16-12-21(26(27,28)29)22(13-30)31-14-16/h3-6,12,14,17,19,35H,2,7-11,15H2,1H3/p+1. The average Bonchev–Trinajstić information content (AvgIpc) is 3.17. The number of pyridine rings is 1. The summed E-state index contributed by atoms with van der Waals surface area (Å²) < 4.78 is 46.9. The molecule has 0 bridgehead atoms. The van der Waals surface area contributed by atoms with Crippen molar-refractivity contribution in [3.63, 3.8) is 0 Å². The molecule has 1 saturated heterocycles. The second-order valence-electron chi connectivity index (χ2n) is 9.86. The van der Waals surface area contributed by atoms with Crippen molar-refractivity contribution >= 4 is 28.5 Å². The lowest BCUT2D eigenvalue weighted by Gasteiger charge is -2.36. The molecule has 1 aromatic heterocycles. The number of benzene rings is 1. The highest BCUT2D eigenvalue weighted by Crippen LogP contribution is 2.39.